The van der Waals surface area contributed by atoms with E-state index in [1.165, 1.54) is 4.31 Å². The summed E-state index contributed by atoms with van der Waals surface area (Å²) in [5.74, 6) is 0. The number of hydrogen-bond donors (Lipinski definition) is 1. The topological polar surface area (TPSA) is 57.6 Å². The lowest BCUT2D eigenvalue weighted by Gasteiger charge is -2.18. The fourth-order valence-electron chi connectivity index (χ4n) is 2.02. The van der Waals surface area contributed by atoms with Gasteiger partial charge in [0, 0.05) is 13.6 Å². The number of aliphatic hydroxyl groups is 1. The van der Waals surface area contributed by atoms with Crippen molar-refractivity contribution in [3.8, 4) is 0 Å². The lowest BCUT2D eigenvalue weighted by molar-refractivity contribution is 0.173. The molecule has 0 aliphatic rings. The Morgan fingerprint density at radius 2 is 2.10 bits per heavy atom. The third-order valence-electron chi connectivity index (χ3n) is 3.32. The molecule has 1 atom stereocenters. The molecule has 2 aromatic rings. The number of sulfonamides is 1. The number of rotatable bonds is 6. The largest absolute Gasteiger partial charge is 0.388 e. The molecule has 1 unspecified atom stereocenters. The highest BCUT2D eigenvalue weighted by Crippen LogP contribution is 2.23. The van der Waals surface area contributed by atoms with E-state index < -0.39 is 16.1 Å². The van der Waals surface area contributed by atoms with Crippen LogP contribution in [0.4, 0.5) is 0 Å². The van der Waals surface area contributed by atoms with Gasteiger partial charge in [0.1, 0.15) is 0 Å². The highest BCUT2D eigenvalue weighted by atomic mass is 32.2. The van der Waals surface area contributed by atoms with Crippen LogP contribution in [0.25, 0.3) is 0 Å². The molecule has 0 fully saturated rings. The second-order valence-corrected chi connectivity index (χ2v) is 7.71. The molecule has 6 heteroatoms. The maximum Gasteiger partial charge on any atom is 0.243 e. The van der Waals surface area contributed by atoms with Crippen LogP contribution in [0.3, 0.4) is 0 Å². The summed E-state index contributed by atoms with van der Waals surface area (Å²) in [6, 6.07) is 8.43. The zero-order valence-electron chi connectivity index (χ0n) is 12.1. The summed E-state index contributed by atoms with van der Waals surface area (Å²) in [7, 11) is -1.99. The van der Waals surface area contributed by atoms with Gasteiger partial charge in [-0.2, -0.15) is 15.6 Å². The van der Waals surface area contributed by atoms with E-state index in [1.807, 2.05) is 23.8 Å². The highest BCUT2D eigenvalue weighted by Gasteiger charge is 2.22. The van der Waals surface area contributed by atoms with Gasteiger partial charge < -0.3 is 5.11 Å². The third kappa shape index (κ3) is 3.71. The first-order valence-electron chi connectivity index (χ1n) is 6.70. The molecule has 0 saturated carbocycles. The van der Waals surface area contributed by atoms with Crippen LogP contribution < -0.4 is 0 Å². The number of benzene rings is 1. The maximum absolute atomic E-state index is 12.6. The van der Waals surface area contributed by atoms with Crippen LogP contribution in [-0.4, -0.2) is 24.9 Å². The minimum atomic E-state index is -3.55. The Morgan fingerprint density at radius 3 is 2.71 bits per heavy atom. The van der Waals surface area contributed by atoms with Crippen molar-refractivity contribution in [3.63, 3.8) is 0 Å². The summed E-state index contributed by atoms with van der Waals surface area (Å²) in [6.07, 6.45) is -0.0869. The van der Waals surface area contributed by atoms with E-state index in [2.05, 4.69) is 0 Å². The van der Waals surface area contributed by atoms with Gasteiger partial charge in [0.2, 0.25) is 10.0 Å². The van der Waals surface area contributed by atoms with Crippen LogP contribution >= 0.6 is 11.3 Å². The molecule has 21 heavy (non-hydrogen) atoms. The summed E-state index contributed by atoms with van der Waals surface area (Å²) in [4.78, 5) is 0.213. The normalized spacial score (nSPS) is 13.5. The fourth-order valence-corrected chi connectivity index (χ4v) is 3.90. The van der Waals surface area contributed by atoms with E-state index in [9.17, 15) is 13.5 Å². The first-order chi connectivity index (χ1) is 9.95. The second kappa shape index (κ2) is 6.70. The maximum atomic E-state index is 12.6. The van der Waals surface area contributed by atoms with Gasteiger partial charge in [-0.25, -0.2) is 8.42 Å². The quantitative estimate of drug-likeness (QED) is 0.888. The van der Waals surface area contributed by atoms with Crippen LogP contribution in [0.5, 0.6) is 0 Å². The second-order valence-electron chi connectivity index (χ2n) is 4.89. The Bertz CT molecular complexity index is 681. The summed E-state index contributed by atoms with van der Waals surface area (Å²) in [6.45, 7) is 2.20. The Morgan fingerprint density at radius 1 is 1.33 bits per heavy atom. The molecule has 114 valence electrons. The molecule has 1 aromatic carbocycles. The van der Waals surface area contributed by atoms with Crippen LogP contribution in [0.2, 0.25) is 0 Å². The van der Waals surface area contributed by atoms with Gasteiger partial charge >= 0.3 is 0 Å². The van der Waals surface area contributed by atoms with Gasteiger partial charge in [-0.3, -0.25) is 0 Å². The fraction of sp³-hybridized carbons (Fsp3) is 0.333. The van der Waals surface area contributed by atoms with Crippen molar-refractivity contribution in [3.05, 3.63) is 52.2 Å². The number of hydrogen-bond acceptors (Lipinski definition) is 4. The van der Waals surface area contributed by atoms with Gasteiger partial charge in [0.05, 0.1) is 11.0 Å². The summed E-state index contributed by atoms with van der Waals surface area (Å²) < 4.78 is 26.5. The van der Waals surface area contributed by atoms with Crippen LogP contribution in [0.15, 0.2) is 46.0 Å². The molecule has 0 aliphatic heterocycles. The molecule has 0 radical (unpaired) electrons. The van der Waals surface area contributed by atoms with Gasteiger partial charge in [-0.05, 0) is 46.5 Å². The summed E-state index contributed by atoms with van der Waals surface area (Å²) >= 11 is 1.54. The standard InChI is InChI=1S/C15H19NO3S2/c1-3-15(17)13-5-4-6-14(9-13)21(18,19)16(2)10-12-7-8-20-11-12/h4-9,11,15,17H,3,10H2,1-2H3. The molecular weight excluding hydrogens is 306 g/mol. The van der Waals surface area contributed by atoms with E-state index in [1.54, 1.807) is 42.6 Å². The van der Waals surface area contributed by atoms with Crippen molar-refractivity contribution in [2.24, 2.45) is 0 Å². The highest BCUT2D eigenvalue weighted by molar-refractivity contribution is 7.89. The van der Waals surface area contributed by atoms with Crippen molar-refractivity contribution in [2.45, 2.75) is 30.9 Å². The lowest BCUT2D eigenvalue weighted by atomic mass is 10.1. The molecule has 0 aliphatic carbocycles. The summed E-state index contributed by atoms with van der Waals surface area (Å²) in [5.41, 5.74) is 1.60. The van der Waals surface area contributed by atoms with E-state index in [4.69, 9.17) is 0 Å². The lowest BCUT2D eigenvalue weighted by Crippen LogP contribution is -2.26. The smallest absolute Gasteiger partial charge is 0.243 e. The minimum Gasteiger partial charge on any atom is -0.388 e. The average molecular weight is 325 g/mol. The Balaban J connectivity index is 2.26. The monoisotopic (exact) mass is 325 g/mol. The molecular formula is C15H19NO3S2. The number of nitrogens with zero attached hydrogens (tertiary/aromatic N) is 1. The average Bonchev–Trinajstić information content (AvgIpc) is 2.99. The zero-order chi connectivity index (χ0) is 15.5. The Kier molecular flexibility index (Phi) is 5.16. The Hall–Kier alpha value is -1.21. The van der Waals surface area contributed by atoms with E-state index in [-0.39, 0.29) is 4.90 Å². The molecule has 1 N–H and O–H groups in total. The molecule has 0 saturated heterocycles. The first kappa shape index (κ1) is 16.2. The van der Waals surface area contributed by atoms with E-state index in [0.717, 1.165) is 5.56 Å². The van der Waals surface area contributed by atoms with Gasteiger partial charge in [-0.15, -0.1) is 0 Å². The van der Waals surface area contributed by atoms with Crippen molar-refractivity contribution in [1.29, 1.82) is 0 Å². The van der Waals surface area contributed by atoms with Crippen molar-refractivity contribution < 1.29 is 13.5 Å². The molecule has 0 spiro atoms. The first-order valence-corrected chi connectivity index (χ1v) is 9.09. The number of aliphatic hydroxyl groups excluding tert-OH is 1. The van der Waals surface area contributed by atoms with Crippen LogP contribution in [-0.2, 0) is 16.6 Å². The summed E-state index contributed by atoms with van der Waals surface area (Å²) in [5, 5.41) is 13.7. The molecule has 0 bridgehead atoms. The van der Waals surface area contributed by atoms with E-state index >= 15 is 0 Å². The predicted molar refractivity (Wildman–Crippen MR) is 84.7 cm³/mol. The zero-order valence-corrected chi connectivity index (χ0v) is 13.7. The van der Waals surface area contributed by atoms with Crippen LogP contribution in [0, 0.1) is 0 Å². The molecule has 4 nitrogen and oxygen atoms in total. The Labute approximate surface area is 129 Å². The molecule has 2 rings (SSSR count). The van der Waals surface area contributed by atoms with Crippen molar-refractivity contribution in [2.75, 3.05) is 7.05 Å². The van der Waals surface area contributed by atoms with E-state index in [0.29, 0.717) is 18.5 Å². The van der Waals surface area contributed by atoms with Gasteiger partial charge in [0.15, 0.2) is 0 Å². The predicted octanol–water partition coefficient (Wildman–Crippen LogP) is 3.01. The molecule has 0 amide bonds. The van der Waals surface area contributed by atoms with Gasteiger partial charge in [-0.1, -0.05) is 19.1 Å². The van der Waals surface area contributed by atoms with Crippen LogP contribution in [0.1, 0.15) is 30.6 Å². The molecule has 1 aromatic heterocycles. The molecule has 1 heterocycles. The SMILES string of the molecule is CCC(O)c1cccc(S(=O)(=O)N(C)Cc2ccsc2)c1. The number of thiophene rings is 1. The van der Waals surface area contributed by atoms with Crippen molar-refractivity contribution in [1.82, 2.24) is 4.31 Å². The van der Waals surface area contributed by atoms with Crippen molar-refractivity contribution >= 4 is 21.4 Å². The van der Waals surface area contributed by atoms with Gasteiger partial charge in [0.25, 0.3) is 0 Å². The minimum absolute atomic E-state index is 0.213. The third-order valence-corrected chi connectivity index (χ3v) is 5.85.